The second-order valence-electron chi connectivity index (χ2n) is 4.31. The normalized spacial score (nSPS) is 19.6. The summed E-state index contributed by atoms with van der Waals surface area (Å²) in [6.07, 6.45) is 0. The van der Waals surface area contributed by atoms with Crippen LogP contribution >= 0.6 is 35.0 Å². The highest BCUT2D eigenvalue weighted by molar-refractivity contribution is 8.14. The highest BCUT2D eigenvalue weighted by atomic mass is 35.5. The van der Waals surface area contributed by atoms with E-state index in [0.717, 1.165) is 16.6 Å². The van der Waals surface area contributed by atoms with Crippen molar-refractivity contribution in [3.63, 3.8) is 0 Å². The van der Waals surface area contributed by atoms with Crippen LogP contribution in [0.2, 0.25) is 10.0 Å². The maximum atomic E-state index is 6.10. The number of benzene rings is 1. The maximum Gasteiger partial charge on any atom is 0.161 e. The molecule has 0 radical (unpaired) electrons. The van der Waals surface area contributed by atoms with Crippen molar-refractivity contribution < 1.29 is 0 Å². The van der Waals surface area contributed by atoms with Crippen LogP contribution in [0.15, 0.2) is 23.2 Å². The van der Waals surface area contributed by atoms with Crippen LogP contribution in [0.1, 0.15) is 13.8 Å². The van der Waals surface area contributed by atoms with E-state index in [0.29, 0.717) is 22.0 Å². The van der Waals surface area contributed by atoms with Crippen molar-refractivity contribution in [2.24, 2.45) is 10.9 Å². The van der Waals surface area contributed by atoms with Crippen LogP contribution in [0.5, 0.6) is 0 Å². The molecule has 1 atom stereocenters. The lowest BCUT2D eigenvalue weighted by molar-refractivity contribution is 0.543. The number of nitrogens with zero attached hydrogens (tertiary/aromatic N) is 1. The van der Waals surface area contributed by atoms with E-state index in [1.807, 2.05) is 12.1 Å². The van der Waals surface area contributed by atoms with Gasteiger partial charge in [-0.3, -0.25) is 4.99 Å². The number of thioether (sulfide) groups is 1. The van der Waals surface area contributed by atoms with Crippen LogP contribution in [0.4, 0.5) is 5.69 Å². The molecule has 0 aromatic heterocycles. The Balaban J connectivity index is 2.09. The fourth-order valence-electron chi connectivity index (χ4n) is 1.51. The Kier molecular flexibility index (Phi) is 4.23. The summed E-state index contributed by atoms with van der Waals surface area (Å²) < 4.78 is 0. The molecule has 1 unspecified atom stereocenters. The van der Waals surface area contributed by atoms with Crippen LogP contribution in [-0.4, -0.2) is 17.0 Å². The van der Waals surface area contributed by atoms with Crippen molar-refractivity contribution in [2.75, 3.05) is 11.1 Å². The van der Waals surface area contributed by atoms with Gasteiger partial charge < -0.3 is 5.32 Å². The first-order valence-corrected chi connectivity index (χ1v) is 7.23. The molecule has 2 nitrogen and oxygen atoms in total. The predicted octanol–water partition coefficient (Wildman–Crippen LogP) is 4.53. The Morgan fingerprint density at radius 2 is 2.18 bits per heavy atom. The van der Waals surface area contributed by atoms with Gasteiger partial charge in [-0.2, -0.15) is 0 Å². The predicted molar refractivity (Wildman–Crippen MR) is 78.6 cm³/mol. The number of hydrogen-bond acceptors (Lipinski definition) is 3. The van der Waals surface area contributed by atoms with Crippen molar-refractivity contribution in [2.45, 2.75) is 19.9 Å². The monoisotopic (exact) mass is 288 g/mol. The Labute approximate surface area is 116 Å². The fraction of sp³-hybridized carbons (Fsp3) is 0.417. The summed E-state index contributed by atoms with van der Waals surface area (Å²) in [5, 5.41) is 5.44. The minimum Gasteiger partial charge on any atom is -0.334 e. The molecule has 2 rings (SSSR count). The van der Waals surface area contributed by atoms with Crippen molar-refractivity contribution in [1.29, 1.82) is 0 Å². The van der Waals surface area contributed by atoms with E-state index in [-0.39, 0.29) is 0 Å². The Morgan fingerprint density at radius 1 is 1.41 bits per heavy atom. The molecular formula is C12H14Cl2N2S. The third-order valence-corrected chi connectivity index (χ3v) is 4.15. The van der Waals surface area contributed by atoms with E-state index < -0.39 is 0 Å². The zero-order chi connectivity index (χ0) is 12.4. The summed E-state index contributed by atoms with van der Waals surface area (Å²) in [5.74, 6) is 1.60. The van der Waals surface area contributed by atoms with Crippen LogP contribution < -0.4 is 5.32 Å². The Morgan fingerprint density at radius 3 is 2.76 bits per heavy atom. The van der Waals surface area contributed by atoms with Crippen molar-refractivity contribution in [3.05, 3.63) is 28.2 Å². The molecule has 17 heavy (non-hydrogen) atoms. The summed E-state index contributed by atoms with van der Waals surface area (Å²) in [5.41, 5.74) is 0.853. The molecule has 0 saturated heterocycles. The first kappa shape index (κ1) is 13.1. The lowest BCUT2D eigenvalue weighted by Crippen LogP contribution is -2.12. The van der Waals surface area contributed by atoms with Gasteiger partial charge in [0.15, 0.2) is 5.17 Å². The number of nitrogens with one attached hydrogen (secondary N) is 1. The first-order chi connectivity index (χ1) is 8.06. The van der Waals surface area contributed by atoms with Gasteiger partial charge in [0.2, 0.25) is 0 Å². The van der Waals surface area contributed by atoms with Crippen molar-refractivity contribution in [1.82, 2.24) is 0 Å². The fourth-order valence-corrected chi connectivity index (χ4v) is 3.14. The summed E-state index contributed by atoms with van der Waals surface area (Å²) >= 11 is 13.7. The average molecular weight is 289 g/mol. The topological polar surface area (TPSA) is 24.4 Å². The van der Waals surface area contributed by atoms with Gasteiger partial charge in [0.1, 0.15) is 0 Å². The molecule has 1 heterocycles. The van der Waals surface area contributed by atoms with Crippen LogP contribution in [-0.2, 0) is 0 Å². The Hall–Kier alpha value is -0.380. The van der Waals surface area contributed by atoms with Gasteiger partial charge in [-0.05, 0) is 24.1 Å². The summed E-state index contributed by atoms with van der Waals surface area (Å²) in [4.78, 5) is 4.62. The quantitative estimate of drug-likeness (QED) is 0.864. The minimum atomic E-state index is 0.397. The molecule has 1 aliphatic rings. The van der Waals surface area contributed by atoms with E-state index >= 15 is 0 Å². The highest BCUT2D eigenvalue weighted by Gasteiger charge is 2.21. The SMILES string of the molecule is CC(C)C1CSC(Nc2ccc(Cl)cc2Cl)=N1. The third-order valence-electron chi connectivity index (χ3n) is 2.62. The van der Waals surface area contributed by atoms with E-state index in [9.17, 15) is 0 Å². The number of hydrogen-bond donors (Lipinski definition) is 1. The largest absolute Gasteiger partial charge is 0.334 e. The summed E-state index contributed by atoms with van der Waals surface area (Å²) in [6, 6.07) is 5.81. The third kappa shape index (κ3) is 3.30. The number of aliphatic imine (C=N–C) groups is 1. The minimum absolute atomic E-state index is 0.397. The number of rotatable bonds is 2. The van der Waals surface area contributed by atoms with Crippen molar-refractivity contribution >= 4 is 45.8 Å². The molecule has 1 aromatic carbocycles. The summed E-state index contributed by atoms with van der Waals surface area (Å²) in [6.45, 7) is 4.37. The van der Waals surface area contributed by atoms with E-state index in [2.05, 4.69) is 24.2 Å². The molecular weight excluding hydrogens is 275 g/mol. The van der Waals surface area contributed by atoms with Crippen molar-refractivity contribution in [3.8, 4) is 0 Å². The van der Waals surface area contributed by atoms with Gasteiger partial charge in [-0.25, -0.2) is 0 Å². The van der Waals surface area contributed by atoms with E-state index in [1.54, 1.807) is 17.8 Å². The Bertz CT molecular complexity index is 446. The average Bonchev–Trinajstić information content (AvgIpc) is 2.71. The van der Waals surface area contributed by atoms with Crippen LogP contribution in [0, 0.1) is 5.92 Å². The molecule has 0 aliphatic carbocycles. The van der Waals surface area contributed by atoms with E-state index in [1.165, 1.54) is 0 Å². The molecule has 0 spiro atoms. The second-order valence-corrected chi connectivity index (χ2v) is 6.16. The van der Waals surface area contributed by atoms with Gasteiger partial charge in [-0.1, -0.05) is 48.8 Å². The summed E-state index contributed by atoms with van der Waals surface area (Å²) in [7, 11) is 0. The highest BCUT2D eigenvalue weighted by Crippen LogP contribution is 2.29. The number of anilines is 1. The van der Waals surface area contributed by atoms with E-state index in [4.69, 9.17) is 23.2 Å². The molecule has 0 bridgehead atoms. The molecule has 5 heteroatoms. The van der Waals surface area contributed by atoms with Crippen LogP contribution in [0.25, 0.3) is 0 Å². The smallest absolute Gasteiger partial charge is 0.161 e. The molecule has 1 aromatic rings. The molecule has 0 saturated carbocycles. The van der Waals surface area contributed by atoms with Crippen LogP contribution in [0.3, 0.4) is 0 Å². The zero-order valence-corrected chi connectivity index (χ0v) is 12.0. The number of halogens is 2. The maximum absolute atomic E-state index is 6.10. The van der Waals surface area contributed by atoms with Gasteiger partial charge in [0.05, 0.1) is 16.8 Å². The second kappa shape index (κ2) is 5.51. The standard InChI is InChI=1S/C12H14Cl2N2S/c1-7(2)11-6-17-12(16-11)15-10-4-3-8(13)5-9(10)14/h3-5,7,11H,6H2,1-2H3,(H,15,16). The molecule has 0 amide bonds. The molecule has 1 N–H and O–H groups in total. The van der Waals surface area contributed by atoms with Gasteiger partial charge in [-0.15, -0.1) is 0 Å². The lowest BCUT2D eigenvalue weighted by Gasteiger charge is -2.08. The van der Waals surface area contributed by atoms with Gasteiger partial charge in [0.25, 0.3) is 0 Å². The zero-order valence-electron chi connectivity index (χ0n) is 9.71. The first-order valence-electron chi connectivity index (χ1n) is 5.49. The molecule has 1 aliphatic heterocycles. The lowest BCUT2D eigenvalue weighted by atomic mass is 10.1. The molecule has 0 fully saturated rings. The van der Waals surface area contributed by atoms with Gasteiger partial charge in [0, 0.05) is 10.8 Å². The van der Waals surface area contributed by atoms with Gasteiger partial charge >= 0.3 is 0 Å². The number of amidine groups is 1. The molecule has 92 valence electrons.